The van der Waals surface area contributed by atoms with E-state index in [0.717, 1.165) is 0 Å². The third-order valence-corrected chi connectivity index (χ3v) is 1.95. The van der Waals surface area contributed by atoms with Gasteiger partial charge in [0.05, 0.1) is 13.2 Å². The van der Waals surface area contributed by atoms with Crippen LogP contribution in [0.2, 0.25) is 0 Å². The van der Waals surface area contributed by atoms with Crippen LogP contribution in [0.3, 0.4) is 0 Å². The van der Waals surface area contributed by atoms with Crippen LogP contribution in [-0.2, 0) is 8.92 Å². The molecule has 1 N–H and O–H groups in total. The molecule has 4 heteroatoms. The predicted octanol–water partition coefficient (Wildman–Crippen LogP) is 0.623. The Balaban J connectivity index is 3.42. The monoisotopic (exact) mass is 206 g/mol. The molecule has 0 radical (unpaired) electrons. The largest absolute Gasteiger partial charge is 0.388 e. The van der Waals surface area contributed by atoms with Gasteiger partial charge in [-0.3, -0.25) is 0 Å². The fraction of sp³-hybridized carbons (Fsp3) is 0.778. The molecule has 1 atom stereocenters. The van der Waals surface area contributed by atoms with Gasteiger partial charge in [-0.25, -0.2) is 0 Å². The average Bonchev–Trinajstić information content (AvgIpc) is 2.00. The number of aliphatic hydroxyl groups is 1. The molecular weight excluding hydrogens is 188 g/mol. The van der Waals surface area contributed by atoms with Crippen molar-refractivity contribution in [1.29, 1.82) is 0 Å². The summed E-state index contributed by atoms with van der Waals surface area (Å²) in [6.07, 6.45) is 10.4. The number of hydrogen-bond acceptors (Lipinski definition) is 3. The highest BCUT2D eigenvalue weighted by Crippen LogP contribution is 2.35. The molecule has 0 saturated heterocycles. The number of ether oxygens (including phenoxy) is 1. The molecule has 0 aliphatic heterocycles. The molecule has 0 spiro atoms. The maximum atomic E-state index is 9.33. The smallest absolute Gasteiger partial charge is 0.107 e. The van der Waals surface area contributed by atoms with E-state index < -0.39 is 16.4 Å². The SMILES string of the molecule is C#CCOCC(O)COS(C)(C)C. The van der Waals surface area contributed by atoms with Crippen molar-refractivity contribution in [3.8, 4) is 12.3 Å². The third kappa shape index (κ3) is 9.71. The second-order valence-electron chi connectivity index (χ2n) is 3.38. The summed E-state index contributed by atoms with van der Waals surface area (Å²) in [5.74, 6) is 2.33. The minimum absolute atomic E-state index is 0.236. The fourth-order valence-corrected chi connectivity index (χ4v) is 1.15. The molecule has 0 fully saturated rings. The normalized spacial score (nSPS) is 15.0. The van der Waals surface area contributed by atoms with Crippen molar-refractivity contribution < 1.29 is 14.0 Å². The minimum Gasteiger partial charge on any atom is -0.388 e. The highest BCUT2D eigenvalue weighted by atomic mass is 32.3. The van der Waals surface area contributed by atoms with Gasteiger partial charge in [-0.1, -0.05) is 5.92 Å². The highest BCUT2D eigenvalue weighted by molar-refractivity contribution is 8.28. The number of aliphatic hydroxyl groups excluding tert-OH is 1. The van der Waals surface area contributed by atoms with E-state index in [-0.39, 0.29) is 13.2 Å². The summed E-state index contributed by atoms with van der Waals surface area (Å²) in [5.41, 5.74) is 0. The first-order valence-electron chi connectivity index (χ1n) is 3.97. The Morgan fingerprint density at radius 2 is 2.00 bits per heavy atom. The van der Waals surface area contributed by atoms with E-state index in [2.05, 4.69) is 5.92 Å². The molecule has 0 heterocycles. The Kier molecular flexibility index (Phi) is 6.17. The van der Waals surface area contributed by atoms with Crippen molar-refractivity contribution >= 4 is 10.3 Å². The summed E-state index contributed by atoms with van der Waals surface area (Å²) in [6.45, 7) is 0.780. The van der Waals surface area contributed by atoms with Crippen LogP contribution in [-0.4, -0.2) is 49.8 Å². The topological polar surface area (TPSA) is 38.7 Å². The molecule has 0 amide bonds. The molecule has 0 aliphatic rings. The second-order valence-corrected chi connectivity index (χ2v) is 7.07. The number of terminal acetylenes is 1. The molecule has 3 nitrogen and oxygen atoms in total. The zero-order valence-corrected chi connectivity index (χ0v) is 9.26. The molecule has 1 unspecified atom stereocenters. The zero-order chi connectivity index (χ0) is 10.3. The lowest BCUT2D eigenvalue weighted by molar-refractivity contribution is 0.0263. The van der Waals surface area contributed by atoms with Crippen LogP contribution in [0.25, 0.3) is 0 Å². The lowest BCUT2D eigenvalue weighted by atomic mass is 10.4. The van der Waals surface area contributed by atoms with E-state index in [0.29, 0.717) is 6.61 Å². The summed E-state index contributed by atoms with van der Waals surface area (Å²) in [5, 5.41) is 9.33. The van der Waals surface area contributed by atoms with Gasteiger partial charge in [0.25, 0.3) is 0 Å². The first-order chi connectivity index (χ1) is 5.95. The molecule has 13 heavy (non-hydrogen) atoms. The van der Waals surface area contributed by atoms with Crippen LogP contribution < -0.4 is 0 Å². The molecule has 0 aromatic heterocycles. The standard InChI is InChI=1S/C9H18O3S/c1-5-6-11-7-9(10)8-12-13(2,3)4/h1,9-10H,6-8H2,2-4H3. The van der Waals surface area contributed by atoms with E-state index in [1.807, 2.05) is 18.8 Å². The first kappa shape index (κ1) is 12.8. The van der Waals surface area contributed by atoms with Crippen molar-refractivity contribution in [2.24, 2.45) is 0 Å². The third-order valence-electron chi connectivity index (χ3n) is 1.11. The molecular formula is C9H18O3S. The Hall–Kier alpha value is -0.210. The van der Waals surface area contributed by atoms with Gasteiger partial charge in [0.15, 0.2) is 0 Å². The summed E-state index contributed by atoms with van der Waals surface area (Å²) in [7, 11) is -1.01. The van der Waals surface area contributed by atoms with Crippen LogP contribution in [0.5, 0.6) is 0 Å². The second kappa shape index (κ2) is 6.28. The lowest BCUT2D eigenvalue weighted by Gasteiger charge is -2.26. The molecule has 0 rings (SSSR count). The lowest BCUT2D eigenvalue weighted by Crippen LogP contribution is -2.22. The summed E-state index contributed by atoms with van der Waals surface area (Å²) in [6, 6.07) is 0. The Labute approximate surface area is 81.9 Å². The summed E-state index contributed by atoms with van der Waals surface area (Å²) in [4.78, 5) is 0. The van der Waals surface area contributed by atoms with Gasteiger partial charge in [0.2, 0.25) is 0 Å². The molecule has 0 aromatic carbocycles. The quantitative estimate of drug-likeness (QED) is 0.511. The molecule has 0 bridgehead atoms. The molecule has 0 aromatic rings. The molecule has 0 saturated carbocycles. The van der Waals surface area contributed by atoms with Gasteiger partial charge >= 0.3 is 0 Å². The maximum absolute atomic E-state index is 9.33. The Morgan fingerprint density at radius 1 is 1.38 bits per heavy atom. The average molecular weight is 206 g/mol. The van der Waals surface area contributed by atoms with Gasteiger partial charge in [-0.2, -0.15) is 0 Å². The fourth-order valence-electron chi connectivity index (χ4n) is 0.585. The number of rotatable bonds is 6. The first-order valence-corrected chi connectivity index (χ1v) is 6.76. The van der Waals surface area contributed by atoms with E-state index in [1.54, 1.807) is 0 Å². The zero-order valence-electron chi connectivity index (χ0n) is 8.45. The Morgan fingerprint density at radius 3 is 2.46 bits per heavy atom. The van der Waals surface area contributed by atoms with Crippen molar-refractivity contribution in [1.82, 2.24) is 0 Å². The van der Waals surface area contributed by atoms with Gasteiger partial charge in [0.1, 0.15) is 12.7 Å². The Bertz CT molecular complexity index is 169. The van der Waals surface area contributed by atoms with E-state index in [4.69, 9.17) is 15.3 Å². The van der Waals surface area contributed by atoms with Crippen molar-refractivity contribution in [3.63, 3.8) is 0 Å². The minimum atomic E-state index is -1.01. The van der Waals surface area contributed by atoms with Crippen LogP contribution >= 0.6 is 10.3 Å². The predicted molar refractivity (Wildman–Crippen MR) is 57.0 cm³/mol. The van der Waals surface area contributed by atoms with Crippen LogP contribution in [0.1, 0.15) is 0 Å². The van der Waals surface area contributed by atoms with Crippen LogP contribution in [0, 0.1) is 12.3 Å². The highest BCUT2D eigenvalue weighted by Gasteiger charge is 2.09. The van der Waals surface area contributed by atoms with Crippen molar-refractivity contribution in [2.75, 3.05) is 38.6 Å². The van der Waals surface area contributed by atoms with Gasteiger partial charge in [-0.15, -0.1) is 16.7 Å². The van der Waals surface area contributed by atoms with Crippen molar-refractivity contribution in [3.05, 3.63) is 0 Å². The van der Waals surface area contributed by atoms with Crippen LogP contribution in [0.4, 0.5) is 0 Å². The summed E-state index contributed by atoms with van der Waals surface area (Å²) < 4.78 is 10.4. The van der Waals surface area contributed by atoms with Gasteiger partial charge < -0.3 is 14.0 Å². The summed E-state index contributed by atoms with van der Waals surface area (Å²) >= 11 is 0. The maximum Gasteiger partial charge on any atom is 0.107 e. The molecule has 78 valence electrons. The van der Waals surface area contributed by atoms with Gasteiger partial charge in [-0.05, 0) is 18.8 Å². The van der Waals surface area contributed by atoms with Crippen molar-refractivity contribution in [2.45, 2.75) is 6.10 Å². The van der Waals surface area contributed by atoms with Crippen LogP contribution in [0.15, 0.2) is 0 Å². The van der Waals surface area contributed by atoms with Gasteiger partial charge in [0, 0.05) is 0 Å². The number of hydrogen-bond donors (Lipinski definition) is 1. The van der Waals surface area contributed by atoms with E-state index in [1.165, 1.54) is 0 Å². The van der Waals surface area contributed by atoms with E-state index in [9.17, 15) is 5.11 Å². The molecule has 0 aliphatic carbocycles. The van der Waals surface area contributed by atoms with E-state index >= 15 is 0 Å².